The number of carbonyl (C=O) groups excluding carboxylic acids is 1. The summed E-state index contributed by atoms with van der Waals surface area (Å²) in [6.07, 6.45) is 0. The Morgan fingerprint density at radius 3 is 2.94 bits per heavy atom. The minimum absolute atomic E-state index is 0.0363. The Morgan fingerprint density at radius 2 is 2.25 bits per heavy atom. The van der Waals surface area contributed by atoms with Crippen LogP contribution in [0.25, 0.3) is 0 Å². The van der Waals surface area contributed by atoms with E-state index in [1.54, 1.807) is 19.1 Å². The van der Waals surface area contributed by atoms with Crippen molar-refractivity contribution in [2.45, 2.75) is 12.7 Å². The van der Waals surface area contributed by atoms with E-state index in [1.165, 1.54) is 6.07 Å². The molecule has 16 heavy (non-hydrogen) atoms. The third-order valence-corrected chi connectivity index (χ3v) is 3.45. The molecule has 86 valence electrons. The maximum atomic E-state index is 11.4. The van der Waals surface area contributed by atoms with Crippen molar-refractivity contribution in [3.63, 3.8) is 0 Å². The summed E-state index contributed by atoms with van der Waals surface area (Å²) in [7, 11) is -3.26. The van der Waals surface area contributed by atoms with Gasteiger partial charge in [-0.15, -0.1) is 0 Å². The second-order valence-corrected chi connectivity index (χ2v) is 5.18. The van der Waals surface area contributed by atoms with Crippen LogP contribution in [0.15, 0.2) is 18.2 Å². The zero-order valence-electron chi connectivity index (χ0n) is 8.69. The van der Waals surface area contributed by atoms with E-state index in [-0.39, 0.29) is 5.75 Å². The first-order chi connectivity index (χ1) is 7.52. The SMILES string of the molecule is CCOC(=O)c1ccc2c(c1)NS(=O)(=O)C2. The van der Waals surface area contributed by atoms with Gasteiger partial charge in [-0.25, -0.2) is 13.2 Å². The number of ether oxygens (including phenoxy) is 1. The van der Waals surface area contributed by atoms with Crippen LogP contribution in [0, 0.1) is 0 Å². The van der Waals surface area contributed by atoms with Gasteiger partial charge in [0.05, 0.1) is 23.6 Å². The molecule has 1 aliphatic heterocycles. The van der Waals surface area contributed by atoms with Gasteiger partial charge in [0.25, 0.3) is 0 Å². The number of carbonyl (C=O) groups is 1. The molecule has 5 nitrogen and oxygen atoms in total. The van der Waals surface area contributed by atoms with E-state index in [4.69, 9.17) is 4.74 Å². The van der Waals surface area contributed by atoms with Crippen LogP contribution < -0.4 is 4.72 Å². The summed E-state index contributed by atoms with van der Waals surface area (Å²) in [5, 5.41) is 0. The van der Waals surface area contributed by atoms with Gasteiger partial charge >= 0.3 is 5.97 Å². The number of sulfonamides is 1. The number of fused-ring (bicyclic) bond motifs is 1. The highest BCUT2D eigenvalue weighted by Gasteiger charge is 2.24. The summed E-state index contributed by atoms with van der Waals surface area (Å²) < 4.78 is 29.7. The molecule has 0 saturated heterocycles. The summed E-state index contributed by atoms with van der Waals surface area (Å²) in [6.45, 7) is 2.01. The van der Waals surface area contributed by atoms with Crippen molar-refractivity contribution in [3.8, 4) is 0 Å². The third-order valence-electron chi connectivity index (χ3n) is 2.23. The van der Waals surface area contributed by atoms with Gasteiger partial charge in [0.15, 0.2) is 0 Å². The second kappa shape index (κ2) is 3.79. The molecule has 0 aliphatic carbocycles. The number of benzene rings is 1. The van der Waals surface area contributed by atoms with Crippen molar-refractivity contribution in [2.24, 2.45) is 0 Å². The number of hydrogen-bond acceptors (Lipinski definition) is 4. The zero-order valence-corrected chi connectivity index (χ0v) is 9.50. The van der Waals surface area contributed by atoms with E-state index in [0.29, 0.717) is 23.4 Å². The molecule has 0 spiro atoms. The maximum Gasteiger partial charge on any atom is 0.338 e. The Bertz CT molecular complexity index is 536. The predicted molar refractivity (Wildman–Crippen MR) is 58.6 cm³/mol. The molecule has 2 rings (SSSR count). The molecular formula is C10H11NO4S. The van der Waals surface area contributed by atoms with E-state index in [2.05, 4.69) is 4.72 Å². The average Bonchev–Trinajstić information content (AvgIpc) is 2.50. The largest absolute Gasteiger partial charge is 0.462 e. The molecule has 1 aromatic carbocycles. The lowest BCUT2D eigenvalue weighted by Crippen LogP contribution is -2.06. The first-order valence-electron chi connectivity index (χ1n) is 4.82. The van der Waals surface area contributed by atoms with E-state index < -0.39 is 16.0 Å². The van der Waals surface area contributed by atoms with Crippen molar-refractivity contribution in [1.82, 2.24) is 0 Å². The van der Waals surface area contributed by atoms with Crippen molar-refractivity contribution in [1.29, 1.82) is 0 Å². The van der Waals surface area contributed by atoms with Crippen molar-refractivity contribution < 1.29 is 17.9 Å². The van der Waals surface area contributed by atoms with Crippen LogP contribution in [0.1, 0.15) is 22.8 Å². The molecule has 1 aromatic rings. The van der Waals surface area contributed by atoms with Crippen LogP contribution in [-0.4, -0.2) is 21.0 Å². The lowest BCUT2D eigenvalue weighted by molar-refractivity contribution is 0.0526. The Hall–Kier alpha value is -1.56. The first kappa shape index (κ1) is 10.9. The van der Waals surface area contributed by atoms with Crippen LogP contribution in [0.2, 0.25) is 0 Å². The molecule has 1 heterocycles. The van der Waals surface area contributed by atoms with Crippen LogP contribution in [-0.2, 0) is 20.5 Å². The van der Waals surface area contributed by atoms with Gasteiger partial charge < -0.3 is 4.74 Å². The number of rotatable bonds is 2. The first-order valence-corrected chi connectivity index (χ1v) is 6.47. The quantitative estimate of drug-likeness (QED) is 0.787. The molecule has 0 fully saturated rings. The molecule has 1 N–H and O–H groups in total. The number of esters is 1. The minimum Gasteiger partial charge on any atom is -0.462 e. The van der Waals surface area contributed by atoms with Crippen LogP contribution in [0.4, 0.5) is 5.69 Å². The lowest BCUT2D eigenvalue weighted by Gasteiger charge is -2.03. The van der Waals surface area contributed by atoms with Crippen LogP contribution >= 0.6 is 0 Å². The molecular weight excluding hydrogens is 230 g/mol. The zero-order chi connectivity index (χ0) is 11.8. The van der Waals surface area contributed by atoms with Gasteiger partial charge in [-0.1, -0.05) is 6.07 Å². The normalized spacial score (nSPS) is 16.3. The van der Waals surface area contributed by atoms with E-state index in [0.717, 1.165) is 0 Å². The summed E-state index contributed by atoms with van der Waals surface area (Å²) in [5.41, 5.74) is 1.49. The van der Waals surface area contributed by atoms with Crippen molar-refractivity contribution >= 4 is 21.7 Å². The Labute approximate surface area is 93.5 Å². The van der Waals surface area contributed by atoms with Gasteiger partial charge in [0, 0.05) is 0 Å². The average molecular weight is 241 g/mol. The Kier molecular flexibility index (Phi) is 2.59. The highest BCUT2D eigenvalue weighted by atomic mass is 32.2. The molecule has 0 radical (unpaired) electrons. The van der Waals surface area contributed by atoms with Gasteiger partial charge in [0.1, 0.15) is 0 Å². The van der Waals surface area contributed by atoms with Crippen molar-refractivity contribution in [3.05, 3.63) is 29.3 Å². The number of anilines is 1. The molecule has 0 amide bonds. The fourth-order valence-corrected chi connectivity index (χ4v) is 2.81. The predicted octanol–water partition coefficient (Wildman–Crippen LogP) is 1.12. The molecule has 1 aliphatic rings. The minimum atomic E-state index is -3.26. The standard InChI is InChI=1S/C10H11NO4S/c1-2-15-10(12)7-3-4-8-6-16(13,14)11-9(8)5-7/h3-5,11H,2,6H2,1H3. The summed E-state index contributed by atoms with van der Waals surface area (Å²) in [4.78, 5) is 11.4. The van der Waals surface area contributed by atoms with Crippen LogP contribution in [0.5, 0.6) is 0 Å². The van der Waals surface area contributed by atoms with Crippen LogP contribution in [0.3, 0.4) is 0 Å². The van der Waals surface area contributed by atoms with Gasteiger partial charge in [0.2, 0.25) is 10.0 Å². The summed E-state index contributed by atoms with van der Waals surface area (Å²) in [5.74, 6) is -0.484. The summed E-state index contributed by atoms with van der Waals surface area (Å²) in [6, 6.07) is 4.69. The van der Waals surface area contributed by atoms with Gasteiger partial charge in [-0.05, 0) is 24.6 Å². The molecule has 0 aromatic heterocycles. The maximum absolute atomic E-state index is 11.4. The monoisotopic (exact) mass is 241 g/mol. The molecule has 6 heteroatoms. The smallest absolute Gasteiger partial charge is 0.338 e. The fraction of sp³-hybridized carbons (Fsp3) is 0.300. The summed E-state index contributed by atoms with van der Waals surface area (Å²) >= 11 is 0. The Morgan fingerprint density at radius 1 is 1.50 bits per heavy atom. The van der Waals surface area contributed by atoms with Gasteiger partial charge in [-0.3, -0.25) is 4.72 Å². The van der Waals surface area contributed by atoms with E-state index in [1.807, 2.05) is 0 Å². The van der Waals surface area contributed by atoms with E-state index in [9.17, 15) is 13.2 Å². The fourth-order valence-electron chi connectivity index (χ4n) is 1.55. The highest BCUT2D eigenvalue weighted by molar-refractivity contribution is 7.92. The number of nitrogens with one attached hydrogen (secondary N) is 1. The topological polar surface area (TPSA) is 72.5 Å². The lowest BCUT2D eigenvalue weighted by atomic mass is 10.1. The molecule has 0 bridgehead atoms. The third kappa shape index (κ3) is 2.01. The molecule has 0 atom stereocenters. The Balaban J connectivity index is 2.32. The second-order valence-electron chi connectivity index (χ2n) is 3.45. The van der Waals surface area contributed by atoms with Gasteiger partial charge in [-0.2, -0.15) is 0 Å². The van der Waals surface area contributed by atoms with E-state index >= 15 is 0 Å². The molecule has 0 saturated carbocycles. The number of hydrogen-bond donors (Lipinski definition) is 1. The molecule has 0 unspecified atom stereocenters. The van der Waals surface area contributed by atoms with Crippen molar-refractivity contribution in [2.75, 3.05) is 11.3 Å². The highest BCUT2D eigenvalue weighted by Crippen LogP contribution is 2.27.